The molecule has 0 unspecified atom stereocenters. The van der Waals surface area contributed by atoms with E-state index in [-0.39, 0.29) is 12.2 Å². The maximum atomic E-state index is 11.7. The molecular weight excluding hydrogens is 294 g/mol. The van der Waals surface area contributed by atoms with Crippen LogP contribution in [-0.2, 0) is 21.6 Å². The van der Waals surface area contributed by atoms with Crippen LogP contribution >= 0.6 is 0 Å². The summed E-state index contributed by atoms with van der Waals surface area (Å²) in [5, 5.41) is 0.867. The van der Waals surface area contributed by atoms with Crippen molar-refractivity contribution in [3.8, 4) is 5.75 Å². The molecule has 0 saturated carbocycles. The lowest BCUT2D eigenvalue weighted by Gasteiger charge is -2.23. The molecular formula is C18H23NO4. The number of rotatable bonds is 8. The summed E-state index contributed by atoms with van der Waals surface area (Å²) in [4.78, 5) is 11.7. The zero-order valence-electron chi connectivity index (χ0n) is 14.1. The molecule has 0 spiro atoms. The number of aromatic nitrogens is 1. The molecule has 1 heterocycles. The maximum absolute atomic E-state index is 11.7. The van der Waals surface area contributed by atoms with Crippen LogP contribution in [0.15, 0.2) is 30.9 Å². The molecule has 1 aromatic carbocycles. The fraction of sp³-hybridized carbons (Fsp3) is 0.389. The standard InChI is InChI=1S/C18H23NO4/c1-6-18(2,3)17-15(10-20)14-8-7-13(23-12-22-5)9-16(14)19(17)11-21-4/h6-10H,1,11-12H2,2-5H3. The van der Waals surface area contributed by atoms with Gasteiger partial charge in [0.25, 0.3) is 0 Å². The third-order valence-corrected chi connectivity index (χ3v) is 3.92. The molecule has 2 rings (SSSR count). The van der Waals surface area contributed by atoms with Gasteiger partial charge in [-0.2, -0.15) is 0 Å². The smallest absolute Gasteiger partial charge is 0.188 e. The first-order valence-electron chi connectivity index (χ1n) is 7.36. The first kappa shape index (κ1) is 17.2. The van der Waals surface area contributed by atoms with Gasteiger partial charge in [0.2, 0.25) is 0 Å². The van der Waals surface area contributed by atoms with Gasteiger partial charge >= 0.3 is 0 Å². The van der Waals surface area contributed by atoms with E-state index in [9.17, 15) is 4.79 Å². The third-order valence-electron chi connectivity index (χ3n) is 3.92. The van der Waals surface area contributed by atoms with Crippen molar-refractivity contribution in [3.05, 3.63) is 42.1 Å². The minimum atomic E-state index is -0.374. The van der Waals surface area contributed by atoms with Gasteiger partial charge in [0.15, 0.2) is 13.1 Å². The zero-order valence-corrected chi connectivity index (χ0v) is 14.1. The van der Waals surface area contributed by atoms with Gasteiger partial charge in [0.05, 0.1) is 5.52 Å². The quantitative estimate of drug-likeness (QED) is 0.425. The predicted octanol–water partition coefficient (Wildman–Crippen LogP) is 3.50. The van der Waals surface area contributed by atoms with Crippen LogP contribution in [-0.4, -0.2) is 31.9 Å². The van der Waals surface area contributed by atoms with Crippen molar-refractivity contribution >= 4 is 17.2 Å². The molecule has 1 aromatic heterocycles. The molecule has 0 aliphatic heterocycles. The highest BCUT2D eigenvalue weighted by molar-refractivity contribution is 6.00. The summed E-state index contributed by atoms with van der Waals surface area (Å²) in [7, 11) is 3.20. The second kappa shape index (κ2) is 6.98. The Labute approximate surface area is 136 Å². The number of methoxy groups -OCH3 is 2. The highest BCUT2D eigenvalue weighted by Gasteiger charge is 2.28. The number of carbonyl (C=O) groups excluding carboxylic acids is 1. The second-order valence-corrected chi connectivity index (χ2v) is 5.88. The number of ether oxygens (including phenoxy) is 3. The minimum absolute atomic E-state index is 0.169. The van der Waals surface area contributed by atoms with Crippen LogP contribution in [0.1, 0.15) is 29.9 Å². The van der Waals surface area contributed by atoms with Crippen molar-refractivity contribution in [2.24, 2.45) is 0 Å². The van der Waals surface area contributed by atoms with E-state index < -0.39 is 0 Å². The van der Waals surface area contributed by atoms with E-state index in [1.54, 1.807) is 14.2 Å². The first-order valence-corrected chi connectivity index (χ1v) is 7.36. The summed E-state index contributed by atoms with van der Waals surface area (Å²) in [6.07, 6.45) is 2.73. The third kappa shape index (κ3) is 3.16. The molecule has 0 N–H and O–H groups in total. The van der Waals surface area contributed by atoms with Gasteiger partial charge in [-0.1, -0.05) is 19.9 Å². The Morgan fingerprint density at radius 3 is 2.57 bits per heavy atom. The van der Waals surface area contributed by atoms with Crippen molar-refractivity contribution in [3.63, 3.8) is 0 Å². The minimum Gasteiger partial charge on any atom is -0.467 e. The first-order chi connectivity index (χ1) is 11.0. The Bertz CT molecular complexity index is 715. The SMILES string of the molecule is C=CC(C)(C)c1c(C=O)c2ccc(OCOC)cc2n1COC. The van der Waals surface area contributed by atoms with Gasteiger partial charge < -0.3 is 18.8 Å². The van der Waals surface area contributed by atoms with E-state index in [0.29, 0.717) is 18.0 Å². The average molecular weight is 317 g/mol. The number of hydrogen-bond acceptors (Lipinski definition) is 4. The largest absolute Gasteiger partial charge is 0.467 e. The van der Waals surface area contributed by atoms with E-state index in [1.165, 1.54) is 0 Å². The molecule has 23 heavy (non-hydrogen) atoms. The predicted molar refractivity (Wildman–Crippen MR) is 90.1 cm³/mol. The Morgan fingerprint density at radius 2 is 2.00 bits per heavy atom. The Morgan fingerprint density at radius 1 is 1.26 bits per heavy atom. The topological polar surface area (TPSA) is 49.7 Å². The van der Waals surface area contributed by atoms with Crippen molar-refractivity contribution < 1.29 is 19.0 Å². The van der Waals surface area contributed by atoms with Crippen LogP contribution in [0.2, 0.25) is 0 Å². The van der Waals surface area contributed by atoms with E-state index in [4.69, 9.17) is 14.2 Å². The van der Waals surface area contributed by atoms with E-state index in [0.717, 1.165) is 22.9 Å². The molecule has 5 nitrogen and oxygen atoms in total. The number of benzene rings is 1. The number of fused-ring (bicyclic) bond motifs is 1. The summed E-state index contributed by atoms with van der Waals surface area (Å²) >= 11 is 0. The number of allylic oxidation sites excluding steroid dienone is 1. The normalized spacial score (nSPS) is 11.7. The van der Waals surface area contributed by atoms with E-state index >= 15 is 0 Å². The van der Waals surface area contributed by atoms with Crippen LogP contribution in [0.3, 0.4) is 0 Å². The highest BCUT2D eigenvalue weighted by atomic mass is 16.7. The fourth-order valence-electron chi connectivity index (χ4n) is 2.75. The Kier molecular flexibility index (Phi) is 5.23. The summed E-state index contributed by atoms with van der Waals surface area (Å²) in [5.74, 6) is 0.676. The van der Waals surface area contributed by atoms with Gasteiger partial charge in [-0.15, -0.1) is 6.58 Å². The van der Waals surface area contributed by atoms with Crippen LogP contribution in [0.5, 0.6) is 5.75 Å². The number of aldehydes is 1. The summed E-state index contributed by atoms with van der Waals surface area (Å²) in [6.45, 7) is 8.46. The molecule has 2 aromatic rings. The molecule has 0 atom stereocenters. The lowest BCUT2D eigenvalue weighted by Crippen LogP contribution is -2.21. The lowest BCUT2D eigenvalue weighted by molar-refractivity contribution is 0.0512. The number of hydrogen-bond donors (Lipinski definition) is 0. The lowest BCUT2D eigenvalue weighted by atomic mass is 9.87. The van der Waals surface area contributed by atoms with Gasteiger partial charge in [0, 0.05) is 42.3 Å². The van der Waals surface area contributed by atoms with Crippen molar-refractivity contribution in [2.45, 2.75) is 26.0 Å². The van der Waals surface area contributed by atoms with Crippen LogP contribution in [0, 0.1) is 0 Å². The summed E-state index contributed by atoms with van der Waals surface area (Å²) < 4.78 is 17.8. The molecule has 0 aliphatic carbocycles. The Balaban J connectivity index is 2.75. The molecule has 0 bridgehead atoms. The molecule has 0 aliphatic rings. The average Bonchev–Trinajstić information content (AvgIpc) is 2.87. The molecule has 124 valence electrons. The van der Waals surface area contributed by atoms with Crippen LogP contribution in [0.4, 0.5) is 0 Å². The number of carbonyl (C=O) groups is 1. The maximum Gasteiger partial charge on any atom is 0.188 e. The van der Waals surface area contributed by atoms with E-state index in [2.05, 4.69) is 6.58 Å². The van der Waals surface area contributed by atoms with Crippen molar-refractivity contribution in [1.29, 1.82) is 0 Å². The summed E-state index contributed by atoms with van der Waals surface area (Å²) in [6, 6.07) is 5.61. The fourth-order valence-corrected chi connectivity index (χ4v) is 2.75. The molecule has 5 heteroatoms. The monoisotopic (exact) mass is 317 g/mol. The molecule has 0 radical (unpaired) electrons. The number of nitrogens with zero attached hydrogens (tertiary/aromatic N) is 1. The van der Waals surface area contributed by atoms with E-state index in [1.807, 2.05) is 42.7 Å². The van der Waals surface area contributed by atoms with Crippen molar-refractivity contribution in [2.75, 3.05) is 21.0 Å². The van der Waals surface area contributed by atoms with Gasteiger partial charge in [-0.25, -0.2) is 0 Å². The van der Waals surface area contributed by atoms with Gasteiger partial charge in [-0.3, -0.25) is 4.79 Å². The zero-order chi connectivity index (χ0) is 17.0. The molecule has 0 saturated heterocycles. The van der Waals surface area contributed by atoms with Crippen LogP contribution in [0.25, 0.3) is 10.9 Å². The summed E-state index contributed by atoms with van der Waals surface area (Å²) in [5.41, 5.74) is 2.04. The molecule has 0 fully saturated rings. The van der Waals surface area contributed by atoms with Gasteiger partial charge in [-0.05, 0) is 12.1 Å². The van der Waals surface area contributed by atoms with Gasteiger partial charge in [0.1, 0.15) is 12.5 Å². The van der Waals surface area contributed by atoms with Crippen LogP contribution < -0.4 is 4.74 Å². The van der Waals surface area contributed by atoms with Crippen molar-refractivity contribution in [1.82, 2.24) is 4.57 Å². The molecule has 0 amide bonds. The highest BCUT2D eigenvalue weighted by Crippen LogP contribution is 2.36. The second-order valence-electron chi connectivity index (χ2n) is 5.88. The Hall–Kier alpha value is -2.11.